The quantitative estimate of drug-likeness (QED) is 0.592. The zero-order valence-corrected chi connectivity index (χ0v) is 7.28. The largest absolute Gasteiger partial charge is 0.285 e. The lowest BCUT2D eigenvalue weighted by Crippen LogP contribution is -1.88. The highest BCUT2D eigenvalue weighted by atomic mass is 35.5. The first-order valence-electron chi connectivity index (χ1n) is 3.43. The average Bonchev–Trinajstić information content (AvgIpc) is 2.45. The monoisotopic (exact) mass is 186 g/mol. The fraction of sp³-hybridized carbons (Fsp3) is 0.250. The minimum Gasteiger partial charge on any atom is -0.285 e. The molecule has 1 aromatic rings. The fourth-order valence-electron chi connectivity index (χ4n) is 1.26. The van der Waals surface area contributed by atoms with Gasteiger partial charge in [0.15, 0.2) is 0 Å². The van der Waals surface area contributed by atoms with Crippen molar-refractivity contribution >= 4 is 28.9 Å². The van der Waals surface area contributed by atoms with Gasteiger partial charge in [-0.25, -0.2) is 0 Å². The zero-order chi connectivity index (χ0) is 7.84. The van der Waals surface area contributed by atoms with Gasteiger partial charge in [0.2, 0.25) is 0 Å². The molecule has 0 aliphatic carbocycles. The smallest absolute Gasteiger partial charge is 0.0646 e. The van der Waals surface area contributed by atoms with Gasteiger partial charge in [0.25, 0.3) is 0 Å². The van der Waals surface area contributed by atoms with Gasteiger partial charge in [-0.3, -0.25) is 5.32 Å². The predicted molar refractivity (Wildman–Crippen MR) is 46.8 cm³/mol. The summed E-state index contributed by atoms with van der Waals surface area (Å²) in [6, 6.07) is 3.70. The zero-order valence-electron chi connectivity index (χ0n) is 5.77. The Labute approximate surface area is 75.3 Å². The minimum atomic E-state index is 0.627. The van der Waals surface area contributed by atoms with Crippen molar-refractivity contribution < 1.29 is 0 Å². The third kappa shape index (κ3) is 1.09. The normalized spacial score (nSPS) is 14.4. The van der Waals surface area contributed by atoms with E-state index in [0.717, 1.165) is 24.2 Å². The molecule has 1 aliphatic heterocycles. The van der Waals surface area contributed by atoms with Crippen LogP contribution in [-0.4, -0.2) is 6.54 Å². The van der Waals surface area contributed by atoms with E-state index in [2.05, 4.69) is 5.32 Å². The first-order chi connectivity index (χ1) is 5.29. The molecule has 0 saturated carbocycles. The maximum absolute atomic E-state index is 5.95. The molecule has 1 nitrogen and oxygen atoms in total. The van der Waals surface area contributed by atoms with E-state index in [1.165, 1.54) is 0 Å². The van der Waals surface area contributed by atoms with Crippen LogP contribution in [0.1, 0.15) is 5.56 Å². The van der Waals surface area contributed by atoms with E-state index < -0.39 is 0 Å². The van der Waals surface area contributed by atoms with Gasteiger partial charge in [0.05, 0.1) is 15.7 Å². The summed E-state index contributed by atoms with van der Waals surface area (Å²) in [4.78, 5) is 0. The summed E-state index contributed by atoms with van der Waals surface area (Å²) >= 11 is 11.8. The van der Waals surface area contributed by atoms with Crippen molar-refractivity contribution in [3.63, 3.8) is 0 Å². The van der Waals surface area contributed by atoms with Gasteiger partial charge in [-0.15, -0.1) is 0 Å². The number of benzene rings is 1. The molecule has 1 heterocycles. The summed E-state index contributed by atoms with van der Waals surface area (Å²) in [5, 5.41) is 5.56. The van der Waals surface area contributed by atoms with Crippen LogP contribution in [0.25, 0.3) is 0 Å². The van der Waals surface area contributed by atoms with Crippen molar-refractivity contribution in [2.24, 2.45) is 0 Å². The number of fused-ring (bicyclic) bond motifs is 1. The van der Waals surface area contributed by atoms with Gasteiger partial charge in [-0.05, 0) is 24.1 Å². The van der Waals surface area contributed by atoms with Crippen LogP contribution in [0.5, 0.6) is 0 Å². The van der Waals surface area contributed by atoms with Crippen molar-refractivity contribution in [3.05, 3.63) is 27.7 Å². The van der Waals surface area contributed by atoms with E-state index in [4.69, 9.17) is 23.2 Å². The molecule has 0 aromatic heterocycles. The Kier molecular flexibility index (Phi) is 1.70. The maximum Gasteiger partial charge on any atom is 0.0646 e. The molecule has 0 spiro atoms. The second-order valence-corrected chi connectivity index (χ2v) is 3.28. The Bertz CT molecular complexity index is 296. The Morgan fingerprint density at radius 1 is 1.27 bits per heavy atom. The fourth-order valence-corrected chi connectivity index (χ4v) is 1.69. The molecule has 0 fully saturated rings. The second kappa shape index (κ2) is 2.58. The summed E-state index contributed by atoms with van der Waals surface area (Å²) in [6.45, 7) is 0.843. The SMILES string of the molecule is Clc1ccc2c(c1Cl)CC[N]2. The van der Waals surface area contributed by atoms with Crippen molar-refractivity contribution in [2.45, 2.75) is 6.42 Å². The Morgan fingerprint density at radius 2 is 2.09 bits per heavy atom. The van der Waals surface area contributed by atoms with Crippen LogP contribution in [0.4, 0.5) is 5.69 Å². The van der Waals surface area contributed by atoms with Gasteiger partial charge in [0.1, 0.15) is 0 Å². The molecular formula is C8H6Cl2N. The van der Waals surface area contributed by atoms with Crippen molar-refractivity contribution in [1.82, 2.24) is 5.32 Å². The van der Waals surface area contributed by atoms with Crippen molar-refractivity contribution in [3.8, 4) is 0 Å². The van der Waals surface area contributed by atoms with E-state index in [0.29, 0.717) is 10.0 Å². The highest BCUT2D eigenvalue weighted by Gasteiger charge is 2.16. The van der Waals surface area contributed by atoms with E-state index in [9.17, 15) is 0 Å². The Morgan fingerprint density at radius 3 is 2.91 bits per heavy atom. The number of hydrogen-bond acceptors (Lipinski definition) is 0. The highest BCUT2D eigenvalue weighted by molar-refractivity contribution is 6.42. The third-order valence-electron chi connectivity index (χ3n) is 1.82. The second-order valence-electron chi connectivity index (χ2n) is 2.49. The molecule has 1 aliphatic rings. The van der Waals surface area contributed by atoms with Gasteiger partial charge in [-0.1, -0.05) is 23.2 Å². The van der Waals surface area contributed by atoms with Crippen molar-refractivity contribution in [2.75, 3.05) is 6.54 Å². The lowest BCUT2D eigenvalue weighted by Gasteiger charge is -2.00. The predicted octanol–water partition coefficient (Wildman–Crippen LogP) is 2.79. The molecule has 2 rings (SSSR count). The highest BCUT2D eigenvalue weighted by Crippen LogP contribution is 2.34. The lowest BCUT2D eigenvalue weighted by atomic mass is 10.2. The number of hydrogen-bond donors (Lipinski definition) is 0. The molecule has 0 N–H and O–H groups in total. The summed E-state index contributed by atoms with van der Waals surface area (Å²) < 4.78 is 0. The molecule has 57 valence electrons. The molecule has 1 radical (unpaired) electrons. The van der Waals surface area contributed by atoms with Crippen LogP contribution < -0.4 is 5.32 Å². The molecule has 3 heteroatoms. The topological polar surface area (TPSA) is 14.1 Å². The van der Waals surface area contributed by atoms with Crippen LogP contribution >= 0.6 is 23.2 Å². The summed E-state index contributed by atoms with van der Waals surface area (Å²) in [5.41, 5.74) is 2.10. The van der Waals surface area contributed by atoms with Gasteiger partial charge in [-0.2, -0.15) is 0 Å². The van der Waals surface area contributed by atoms with Gasteiger partial charge >= 0.3 is 0 Å². The molecule has 0 amide bonds. The van der Waals surface area contributed by atoms with Crippen molar-refractivity contribution in [1.29, 1.82) is 0 Å². The molecular weight excluding hydrogens is 181 g/mol. The molecule has 0 atom stereocenters. The van der Waals surface area contributed by atoms with E-state index >= 15 is 0 Å². The first-order valence-corrected chi connectivity index (χ1v) is 4.19. The van der Waals surface area contributed by atoms with Crippen LogP contribution in [0.2, 0.25) is 10.0 Å². The number of nitrogens with zero attached hydrogens (tertiary/aromatic N) is 1. The first kappa shape index (κ1) is 7.26. The Balaban J connectivity index is 2.62. The van der Waals surface area contributed by atoms with Crippen LogP contribution in [-0.2, 0) is 6.42 Å². The molecule has 0 unspecified atom stereocenters. The molecule has 0 bridgehead atoms. The maximum atomic E-state index is 5.95. The number of halogens is 2. The molecule has 1 aromatic carbocycles. The summed E-state index contributed by atoms with van der Waals surface area (Å²) in [7, 11) is 0. The van der Waals surface area contributed by atoms with E-state index in [1.54, 1.807) is 6.07 Å². The number of rotatable bonds is 0. The van der Waals surface area contributed by atoms with Gasteiger partial charge < -0.3 is 0 Å². The van der Waals surface area contributed by atoms with E-state index in [1.807, 2.05) is 6.07 Å². The standard InChI is InChI=1S/C8H6Cl2N/c9-6-1-2-7-5(8(6)10)3-4-11-7/h1-2H,3-4H2. The summed E-state index contributed by atoms with van der Waals surface area (Å²) in [5.74, 6) is 0. The third-order valence-corrected chi connectivity index (χ3v) is 2.66. The minimum absolute atomic E-state index is 0.627. The van der Waals surface area contributed by atoms with Crippen LogP contribution in [0.15, 0.2) is 12.1 Å². The van der Waals surface area contributed by atoms with Crippen LogP contribution in [0, 0.1) is 0 Å². The lowest BCUT2D eigenvalue weighted by molar-refractivity contribution is 0.909. The van der Waals surface area contributed by atoms with Gasteiger partial charge in [0, 0.05) is 6.54 Å². The molecule has 11 heavy (non-hydrogen) atoms. The Hall–Kier alpha value is -0.400. The van der Waals surface area contributed by atoms with E-state index in [-0.39, 0.29) is 0 Å². The average molecular weight is 187 g/mol. The summed E-state index contributed by atoms with van der Waals surface area (Å²) in [6.07, 6.45) is 0.925. The van der Waals surface area contributed by atoms with Crippen LogP contribution in [0.3, 0.4) is 0 Å². The molecule has 0 saturated heterocycles.